The number of nitrogens with zero attached hydrogens (tertiary/aromatic N) is 1. The summed E-state index contributed by atoms with van der Waals surface area (Å²) in [6.07, 6.45) is 0. The summed E-state index contributed by atoms with van der Waals surface area (Å²) in [6, 6.07) is 22.0. The van der Waals surface area contributed by atoms with Gasteiger partial charge in [-0.2, -0.15) is 8.42 Å². The number of rotatable bonds is 7. The van der Waals surface area contributed by atoms with Gasteiger partial charge in [0, 0.05) is 18.3 Å². The highest BCUT2D eigenvalue weighted by molar-refractivity contribution is 8.00. The number of thioether (sulfide) groups is 1. The van der Waals surface area contributed by atoms with Gasteiger partial charge in [-0.05, 0) is 60.3 Å². The smallest absolute Gasteiger partial charge is 0.326 e. The Hall–Kier alpha value is -3.63. The first-order valence-corrected chi connectivity index (χ1v) is 12.4. The van der Waals surface area contributed by atoms with Crippen LogP contribution in [0.2, 0.25) is 0 Å². The van der Waals surface area contributed by atoms with E-state index in [-0.39, 0.29) is 22.5 Å². The molecule has 0 saturated carbocycles. The number of carbonyl (C=O) groups is 2. The molecule has 1 aromatic heterocycles. The van der Waals surface area contributed by atoms with Gasteiger partial charge in [-0.3, -0.25) is 9.59 Å². The molecule has 168 valence electrons. The lowest BCUT2D eigenvalue weighted by molar-refractivity contribution is -0.526. The van der Waals surface area contributed by atoms with E-state index in [0.717, 1.165) is 11.8 Å². The first kappa shape index (κ1) is 22.6. The molecule has 4 aromatic rings. The molecule has 8 nitrogen and oxygen atoms in total. The van der Waals surface area contributed by atoms with E-state index in [1.54, 1.807) is 60.7 Å². The fraction of sp³-hybridized carbons (Fsp3) is 0.0870. The predicted octanol–water partition coefficient (Wildman–Crippen LogP) is 3.38. The van der Waals surface area contributed by atoms with Gasteiger partial charge < -0.3 is 10.6 Å². The second-order valence-electron chi connectivity index (χ2n) is 7.13. The number of aromatic amines is 1. The molecule has 1 heterocycles. The molecule has 0 saturated heterocycles. The van der Waals surface area contributed by atoms with Crippen LogP contribution in [0.1, 0.15) is 6.92 Å². The third kappa shape index (κ3) is 5.07. The van der Waals surface area contributed by atoms with Crippen molar-refractivity contribution in [3.05, 3.63) is 78.9 Å². The number of para-hydroxylation sites is 2. The van der Waals surface area contributed by atoms with Gasteiger partial charge in [-0.1, -0.05) is 30.3 Å². The minimum Gasteiger partial charge on any atom is -0.326 e. The zero-order chi connectivity index (χ0) is 23.4. The number of aromatic nitrogens is 2. The largest absolute Gasteiger partial charge is 0.336 e. The molecule has 3 N–H and O–H groups in total. The second kappa shape index (κ2) is 9.47. The van der Waals surface area contributed by atoms with Crippen molar-refractivity contribution in [2.24, 2.45) is 0 Å². The van der Waals surface area contributed by atoms with Crippen molar-refractivity contribution < 1.29 is 22.0 Å². The third-order valence-corrected chi connectivity index (χ3v) is 7.47. The number of carbonyl (C=O) groups excluding carboxylic acids is 2. The molecule has 0 aliphatic heterocycles. The van der Waals surface area contributed by atoms with Crippen molar-refractivity contribution in [1.29, 1.82) is 0 Å². The quantitative estimate of drug-likeness (QED) is 0.277. The number of nitrogens with one attached hydrogen (secondary N) is 3. The summed E-state index contributed by atoms with van der Waals surface area (Å²) >= 11 is 1.09. The van der Waals surface area contributed by atoms with Crippen molar-refractivity contribution in [1.82, 2.24) is 4.98 Å². The Morgan fingerprint density at radius 3 is 2.15 bits per heavy atom. The van der Waals surface area contributed by atoms with Crippen LogP contribution in [0, 0.1) is 0 Å². The summed E-state index contributed by atoms with van der Waals surface area (Å²) in [6.45, 7) is 1.42. The summed E-state index contributed by atoms with van der Waals surface area (Å²) in [5, 5.41) is 5.76. The molecule has 4 rings (SSSR count). The number of hydrogen-bond acceptors (Lipinski definition) is 5. The molecule has 0 fully saturated rings. The lowest BCUT2D eigenvalue weighted by Gasteiger charge is -2.07. The molecule has 3 aromatic carbocycles. The molecule has 2 amide bonds. The normalized spacial score (nSPS) is 11.3. The maximum Gasteiger partial charge on any atom is 0.336 e. The summed E-state index contributed by atoms with van der Waals surface area (Å²) in [7, 11) is -3.88. The lowest BCUT2D eigenvalue weighted by atomic mass is 10.3. The van der Waals surface area contributed by atoms with E-state index in [4.69, 9.17) is 0 Å². The molecule has 0 spiro atoms. The number of H-pyrrole nitrogens is 1. The monoisotopic (exact) mass is 481 g/mol. The summed E-state index contributed by atoms with van der Waals surface area (Å²) in [5.74, 6) is -0.486. The van der Waals surface area contributed by atoms with E-state index in [1.807, 2.05) is 6.07 Å². The zero-order valence-corrected chi connectivity index (χ0v) is 19.2. The van der Waals surface area contributed by atoms with Gasteiger partial charge >= 0.3 is 15.2 Å². The van der Waals surface area contributed by atoms with E-state index in [0.29, 0.717) is 27.6 Å². The topological polar surface area (TPSA) is 112 Å². The predicted molar refractivity (Wildman–Crippen MR) is 128 cm³/mol. The van der Waals surface area contributed by atoms with Gasteiger partial charge in [-0.25, -0.2) is 4.98 Å². The average Bonchev–Trinajstić information content (AvgIpc) is 3.18. The maximum absolute atomic E-state index is 13.4. The van der Waals surface area contributed by atoms with Gasteiger partial charge in [0.05, 0.1) is 5.75 Å². The highest BCUT2D eigenvalue weighted by Gasteiger charge is 2.31. The van der Waals surface area contributed by atoms with Crippen LogP contribution >= 0.6 is 11.8 Å². The Kier molecular flexibility index (Phi) is 6.47. The number of fused-ring (bicyclic) bond motifs is 1. The van der Waals surface area contributed by atoms with Crippen molar-refractivity contribution in [2.45, 2.75) is 17.0 Å². The van der Waals surface area contributed by atoms with Crippen molar-refractivity contribution in [2.75, 3.05) is 16.4 Å². The minimum absolute atomic E-state index is 0.00935. The molecule has 33 heavy (non-hydrogen) atoms. The Labute approximate surface area is 195 Å². The highest BCUT2D eigenvalue weighted by atomic mass is 32.2. The number of hydrogen-bond donors (Lipinski definition) is 3. The third-order valence-electron chi connectivity index (χ3n) is 4.66. The van der Waals surface area contributed by atoms with Gasteiger partial charge in [-0.15, -0.1) is 3.97 Å². The number of imidazole rings is 1. The van der Waals surface area contributed by atoms with E-state index in [9.17, 15) is 18.0 Å². The van der Waals surface area contributed by atoms with E-state index < -0.39 is 10.0 Å². The SMILES string of the molecule is CC(=O)Nc1ccc(NC(=O)CSc2[nH]c3ccccc3[n+]2S(=O)(=O)c2ccccc2)cc1. The van der Waals surface area contributed by atoms with Crippen LogP contribution in [0.3, 0.4) is 0 Å². The Morgan fingerprint density at radius 1 is 0.879 bits per heavy atom. The molecule has 10 heteroatoms. The first-order chi connectivity index (χ1) is 15.8. The fourth-order valence-electron chi connectivity index (χ4n) is 3.23. The minimum atomic E-state index is -3.88. The Morgan fingerprint density at radius 2 is 1.48 bits per heavy atom. The van der Waals surface area contributed by atoms with E-state index in [2.05, 4.69) is 15.6 Å². The average molecular weight is 482 g/mol. The molecule has 0 unspecified atom stereocenters. The number of amides is 2. The summed E-state index contributed by atoms with van der Waals surface area (Å²) in [4.78, 5) is 26.9. The van der Waals surface area contributed by atoms with Crippen molar-refractivity contribution in [3.8, 4) is 0 Å². The first-order valence-electron chi connectivity index (χ1n) is 9.98. The van der Waals surface area contributed by atoms with E-state index >= 15 is 0 Å². The Bertz CT molecular complexity index is 1420. The molecule has 0 bridgehead atoms. The molecule has 0 atom stereocenters. The van der Waals surface area contributed by atoms with Crippen LogP contribution < -0.4 is 14.6 Å². The molecule has 0 aliphatic rings. The maximum atomic E-state index is 13.4. The van der Waals surface area contributed by atoms with Crippen LogP contribution in [0.25, 0.3) is 11.0 Å². The second-order valence-corrected chi connectivity index (χ2v) is 9.88. The molecular formula is C23H21N4O4S2+. The zero-order valence-electron chi connectivity index (χ0n) is 17.6. The van der Waals surface area contributed by atoms with Crippen molar-refractivity contribution in [3.63, 3.8) is 0 Å². The van der Waals surface area contributed by atoms with Gasteiger partial charge in [0.25, 0.3) is 0 Å². The van der Waals surface area contributed by atoms with Crippen LogP contribution in [-0.2, 0) is 19.6 Å². The molecule has 0 aliphatic carbocycles. The van der Waals surface area contributed by atoms with Crippen LogP contribution in [0.15, 0.2) is 88.9 Å². The number of anilines is 2. The molecular weight excluding hydrogens is 460 g/mol. The standard InChI is InChI=1S/C23H20N4O4S2/c1-16(28)24-17-11-13-18(14-12-17)25-22(29)15-32-23-26-20-9-5-6-10-21(20)27(23)33(30,31)19-7-3-2-4-8-19/h2-14H,15H2,1H3,(H2,24,25,28,29)/p+1. The van der Waals surface area contributed by atoms with Gasteiger partial charge in [0.2, 0.25) is 11.8 Å². The Balaban J connectivity index is 1.55. The van der Waals surface area contributed by atoms with Crippen molar-refractivity contribution >= 4 is 56.0 Å². The van der Waals surface area contributed by atoms with E-state index in [1.165, 1.54) is 23.0 Å². The molecule has 0 radical (unpaired) electrons. The van der Waals surface area contributed by atoms with Gasteiger partial charge in [0.1, 0.15) is 4.90 Å². The highest BCUT2D eigenvalue weighted by Crippen LogP contribution is 2.22. The van der Waals surface area contributed by atoms with Gasteiger partial charge in [0.15, 0.2) is 11.0 Å². The summed E-state index contributed by atoms with van der Waals surface area (Å²) in [5.41, 5.74) is 2.34. The van der Waals surface area contributed by atoms with Crippen LogP contribution in [0.4, 0.5) is 11.4 Å². The summed E-state index contributed by atoms with van der Waals surface area (Å²) < 4.78 is 28.0. The lowest BCUT2D eigenvalue weighted by Crippen LogP contribution is -2.44. The van der Waals surface area contributed by atoms with Crippen LogP contribution in [-0.4, -0.2) is 31.0 Å². The fourth-order valence-corrected chi connectivity index (χ4v) is 5.82. The number of benzene rings is 3. The van der Waals surface area contributed by atoms with Crippen LogP contribution in [0.5, 0.6) is 0 Å².